The maximum absolute atomic E-state index is 12.7. The van der Waals surface area contributed by atoms with Gasteiger partial charge in [-0.25, -0.2) is 9.31 Å². The zero-order valence-corrected chi connectivity index (χ0v) is 16.7. The molecule has 1 saturated heterocycles. The number of carbonyl (C=O) groups is 2. The molecule has 0 atom stereocenters. The van der Waals surface area contributed by atoms with E-state index in [1.165, 1.54) is 11.3 Å². The number of thiazole rings is 1. The predicted octanol–water partition coefficient (Wildman–Crippen LogP) is 2.83. The smallest absolute Gasteiger partial charge is 0.319 e. The van der Waals surface area contributed by atoms with E-state index in [1.807, 2.05) is 34.7 Å². The van der Waals surface area contributed by atoms with E-state index in [1.54, 1.807) is 23.9 Å². The Hall–Kier alpha value is -3.07. The van der Waals surface area contributed by atoms with Gasteiger partial charge in [0.1, 0.15) is 10.6 Å². The fourth-order valence-electron chi connectivity index (χ4n) is 4.35. The van der Waals surface area contributed by atoms with Crippen LogP contribution in [-0.4, -0.2) is 52.7 Å². The van der Waals surface area contributed by atoms with Crippen molar-refractivity contribution < 1.29 is 14.3 Å². The summed E-state index contributed by atoms with van der Waals surface area (Å²) in [7, 11) is 1.59. The van der Waals surface area contributed by atoms with Gasteiger partial charge in [0, 0.05) is 47.9 Å². The standard InChI is InChI=1S/C20H21N5O3S/c1-28-15-4-2-3-13(7-15)22-19(27)23-14-8-20(9-14)11-24(12-20)17(26)16-10-21-25-5-6-29-18(16)25/h2-7,10,14H,8-9,11-12H2,1H3,(H2,22,23,27). The van der Waals surface area contributed by atoms with Crippen LogP contribution in [0.4, 0.5) is 10.5 Å². The first kappa shape index (κ1) is 18.0. The second-order valence-electron chi connectivity index (χ2n) is 7.81. The summed E-state index contributed by atoms with van der Waals surface area (Å²) in [5.41, 5.74) is 1.50. The van der Waals surface area contributed by atoms with Gasteiger partial charge >= 0.3 is 6.03 Å². The molecule has 0 bridgehead atoms. The van der Waals surface area contributed by atoms with Crippen LogP contribution in [0.15, 0.2) is 42.0 Å². The minimum atomic E-state index is -0.217. The van der Waals surface area contributed by atoms with Crippen molar-refractivity contribution in [2.24, 2.45) is 5.41 Å². The summed E-state index contributed by atoms with van der Waals surface area (Å²) in [5.74, 6) is 0.739. The van der Waals surface area contributed by atoms with Crippen molar-refractivity contribution in [3.63, 3.8) is 0 Å². The molecule has 1 aliphatic carbocycles. The maximum atomic E-state index is 12.7. The SMILES string of the molecule is COc1cccc(NC(=O)NC2CC3(C2)CN(C(=O)c2cnn4ccsc24)C3)c1. The number of nitrogens with one attached hydrogen (secondary N) is 2. The summed E-state index contributed by atoms with van der Waals surface area (Å²) in [5, 5.41) is 12.0. The number of nitrogens with zero attached hydrogens (tertiary/aromatic N) is 3. The Morgan fingerprint density at radius 1 is 1.31 bits per heavy atom. The quantitative estimate of drug-likeness (QED) is 0.691. The Bertz CT molecular complexity index is 1080. The number of aromatic nitrogens is 2. The van der Waals surface area contributed by atoms with Crippen molar-refractivity contribution >= 4 is 33.8 Å². The lowest BCUT2D eigenvalue weighted by molar-refractivity contribution is -0.0581. The largest absolute Gasteiger partial charge is 0.497 e. The van der Waals surface area contributed by atoms with Crippen LogP contribution in [-0.2, 0) is 0 Å². The van der Waals surface area contributed by atoms with Crippen molar-refractivity contribution in [2.45, 2.75) is 18.9 Å². The predicted molar refractivity (Wildman–Crippen MR) is 110 cm³/mol. The minimum Gasteiger partial charge on any atom is -0.497 e. The molecule has 1 aromatic carbocycles. The third kappa shape index (κ3) is 3.21. The molecule has 2 aromatic heterocycles. The van der Waals surface area contributed by atoms with Crippen LogP contribution in [0.3, 0.4) is 0 Å². The van der Waals surface area contributed by atoms with Crippen molar-refractivity contribution in [3.05, 3.63) is 47.6 Å². The summed E-state index contributed by atoms with van der Waals surface area (Å²) in [6.07, 6.45) is 5.29. The normalized spacial score (nSPS) is 17.6. The van der Waals surface area contributed by atoms with E-state index in [0.29, 0.717) is 17.0 Å². The number of likely N-dealkylation sites (tertiary alicyclic amines) is 1. The maximum Gasteiger partial charge on any atom is 0.319 e. The van der Waals surface area contributed by atoms with Crippen LogP contribution in [0.2, 0.25) is 0 Å². The summed E-state index contributed by atoms with van der Waals surface area (Å²) in [4.78, 5) is 27.7. The van der Waals surface area contributed by atoms with Gasteiger partial charge in [-0.15, -0.1) is 11.3 Å². The first-order chi connectivity index (χ1) is 14.0. The molecular formula is C20H21N5O3S. The summed E-state index contributed by atoms with van der Waals surface area (Å²) >= 11 is 1.52. The Morgan fingerprint density at radius 3 is 2.93 bits per heavy atom. The van der Waals surface area contributed by atoms with E-state index in [-0.39, 0.29) is 23.4 Å². The summed E-state index contributed by atoms with van der Waals surface area (Å²) in [6.45, 7) is 1.48. The molecule has 2 N–H and O–H groups in total. The Morgan fingerprint density at radius 2 is 2.14 bits per heavy atom. The number of methoxy groups -OCH3 is 1. The molecule has 150 valence electrons. The van der Waals surface area contributed by atoms with Crippen molar-refractivity contribution in [1.82, 2.24) is 19.8 Å². The molecule has 3 heterocycles. The summed E-state index contributed by atoms with van der Waals surface area (Å²) in [6, 6.07) is 7.18. The lowest BCUT2D eigenvalue weighted by Crippen LogP contribution is -2.67. The number of hydrogen-bond donors (Lipinski definition) is 2. The Balaban J connectivity index is 1.11. The number of ether oxygens (including phenoxy) is 1. The van der Waals surface area contributed by atoms with Crippen LogP contribution >= 0.6 is 11.3 Å². The average Bonchev–Trinajstić information content (AvgIpc) is 3.25. The molecule has 1 spiro atoms. The second kappa shape index (κ2) is 6.77. The number of hydrogen-bond acceptors (Lipinski definition) is 5. The van der Waals surface area contributed by atoms with Crippen LogP contribution in [0.1, 0.15) is 23.2 Å². The number of anilines is 1. The average molecular weight is 411 g/mol. The molecule has 3 amide bonds. The molecule has 0 radical (unpaired) electrons. The zero-order chi connectivity index (χ0) is 20.0. The molecule has 8 nitrogen and oxygen atoms in total. The highest BCUT2D eigenvalue weighted by molar-refractivity contribution is 7.15. The topological polar surface area (TPSA) is 88.0 Å². The van der Waals surface area contributed by atoms with Crippen LogP contribution in [0.25, 0.3) is 4.83 Å². The highest BCUT2D eigenvalue weighted by atomic mass is 32.1. The summed E-state index contributed by atoms with van der Waals surface area (Å²) < 4.78 is 6.90. The molecule has 1 aliphatic heterocycles. The third-order valence-electron chi connectivity index (χ3n) is 5.72. The minimum absolute atomic E-state index is 0.0419. The van der Waals surface area contributed by atoms with Gasteiger partial charge in [0.2, 0.25) is 0 Å². The van der Waals surface area contributed by atoms with E-state index < -0.39 is 0 Å². The molecule has 1 saturated carbocycles. The molecule has 2 aliphatic rings. The van der Waals surface area contributed by atoms with Gasteiger partial charge in [-0.2, -0.15) is 5.10 Å². The third-order valence-corrected chi connectivity index (χ3v) is 6.61. The van der Waals surface area contributed by atoms with Gasteiger partial charge in [-0.3, -0.25) is 4.79 Å². The number of carbonyl (C=O) groups excluding carboxylic acids is 2. The zero-order valence-electron chi connectivity index (χ0n) is 15.9. The van der Waals surface area contributed by atoms with Crippen LogP contribution in [0, 0.1) is 5.41 Å². The van der Waals surface area contributed by atoms with Crippen LogP contribution < -0.4 is 15.4 Å². The van der Waals surface area contributed by atoms with Crippen LogP contribution in [0.5, 0.6) is 5.75 Å². The Labute approximate surface area is 171 Å². The molecule has 9 heteroatoms. The number of fused-ring (bicyclic) bond motifs is 1. The molecule has 3 aromatic rings. The lowest BCUT2D eigenvalue weighted by atomic mass is 9.60. The number of amides is 3. The van der Waals surface area contributed by atoms with E-state index in [9.17, 15) is 9.59 Å². The Kier molecular flexibility index (Phi) is 4.20. The second-order valence-corrected chi connectivity index (χ2v) is 8.70. The fraction of sp³-hybridized carbons (Fsp3) is 0.350. The molecule has 0 unspecified atom stereocenters. The van der Waals surface area contributed by atoms with E-state index in [0.717, 1.165) is 30.8 Å². The molecule has 5 rings (SSSR count). The van der Waals surface area contributed by atoms with Crippen molar-refractivity contribution in [1.29, 1.82) is 0 Å². The van der Waals surface area contributed by atoms with Crippen molar-refractivity contribution in [3.8, 4) is 5.75 Å². The molecular weight excluding hydrogens is 390 g/mol. The number of rotatable bonds is 4. The van der Waals surface area contributed by atoms with Crippen molar-refractivity contribution in [2.75, 3.05) is 25.5 Å². The van der Waals surface area contributed by atoms with Gasteiger partial charge < -0.3 is 20.3 Å². The lowest BCUT2D eigenvalue weighted by Gasteiger charge is -2.58. The van der Waals surface area contributed by atoms with Gasteiger partial charge in [-0.1, -0.05) is 6.07 Å². The highest BCUT2D eigenvalue weighted by Crippen LogP contribution is 2.48. The fourth-order valence-corrected chi connectivity index (χ4v) is 5.14. The van der Waals surface area contributed by atoms with Gasteiger partial charge in [0.15, 0.2) is 0 Å². The first-order valence-corrected chi connectivity index (χ1v) is 10.3. The van der Waals surface area contributed by atoms with E-state index in [2.05, 4.69) is 15.7 Å². The number of benzene rings is 1. The molecule has 2 fully saturated rings. The van der Waals surface area contributed by atoms with Gasteiger partial charge in [0.25, 0.3) is 5.91 Å². The van der Waals surface area contributed by atoms with Gasteiger partial charge in [-0.05, 0) is 25.0 Å². The van der Waals surface area contributed by atoms with E-state index >= 15 is 0 Å². The van der Waals surface area contributed by atoms with Gasteiger partial charge in [0.05, 0.1) is 18.9 Å². The number of urea groups is 1. The highest BCUT2D eigenvalue weighted by Gasteiger charge is 2.54. The monoisotopic (exact) mass is 411 g/mol. The molecule has 29 heavy (non-hydrogen) atoms. The van der Waals surface area contributed by atoms with E-state index in [4.69, 9.17) is 4.74 Å². The first-order valence-electron chi connectivity index (χ1n) is 9.47.